The van der Waals surface area contributed by atoms with E-state index >= 15 is 0 Å². The zero-order chi connectivity index (χ0) is 18.1. The van der Waals surface area contributed by atoms with Crippen molar-refractivity contribution in [3.8, 4) is 5.75 Å². The highest BCUT2D eigenvalue weighted by Gasteiger charge is 2.17. The maximum atomic E-state index is 5.89. The fourth-order valence-electron chi connectivity index (χ4n) is 3.04. The van der Waals surface area contributed by atoms with Crippen molar-refractivity contribution in [2.75, 3.05) is 53.4 Å². The topological polar surface area (TPSA) is 40.1 Å². The average Bonchev–Trinajstić information content (AvgIpc) is 2.60. The Kier molecular flexibility index (Phi) is 8.35. The molecule has 1 aromatic carbocycles. The fraction of sp³-hybridized carbons (Fsp3) is 0.632. The van der Waals surface area contributed by atoms with Gasteiger partial charge in [-0.25, -0.2) is 0 Å². The number of ether oxygens (including phenoxy) is 1. The molecule has 6 heteroatoms. The van der Waals surface area contributed by atoms with Crippen LogP contribution in [0.1, 0.15) is 19.8 Å². The van der Waals surface area contributed by atoms with Gasteiger partial charge in [0.2, 0.25) is 0 Å². The summed E-state index contributed by atoms with van der Waals surface area (Å²) in [6.07, 6.45) is 2.55. The Morgan fingerprint density at radius 2 is 2.16 bits per heavy atom. The molecule has 1 heterocycles. The highest BCUT2D eigenvalue weighted by atomic mass is 35.5. The molecule has 0 bridgehead atoms. The molecule has 1 saturated heterocycles. The molecule has 0 aromatic heterocycles. The summed E-state index contributed by atoms with van der Waals surface area (Å²) in [5.41, 5.74) is 0. The first-order chi connectivity index (χ1) is 12.1. The molecule has 1 aliphatic rings. The Morgan fingerprint density at radius 3 is 2.84 bits per heavy atom. The maximum absolute atomic E-state index is 5.89. The maximum Gasteiger partial charge on any atom is 0.193 e. The third-order valence-electron chi connectivity index (χ3n) is 4.43. The molecule has 0 aliphatic carbocycles. The summed E-state index contributed by atoms with van der Waals surface area (Å²) in [6, 6.07) is 7.46. The van der Waals surface area contributed by atoms with Crippen LogP contribution >= 0.6 is 11.6 Å². The van der Waals surface area contributed by atoms with E-state index in [0.29, 0.717) is 12.5 Å². The van der Waals surface area contributed by atoms with Gasteiger partial charge in [-0.2, -0.15) is 0 Å². The Hall–Kier alpha value is -1.46. The molecule has 1 atom stereocenters. The number of guanidine groups is 1. The number of piperidine rings is 1. The van der Waals surface area contributed by atoms with E-state index in [1.807, 2.05) is 24.3 Å². The van der Waals surface area contributed by atoms with Crippen LogP contribution in [0.25, 0.3) is 0 Å². The summed E-state index contributed by atoms with van der Waals surface area (Å²) < 4.78 is 5.78. The number of nitrogens with zero attached hydrogens (tertiary/aromatic N) is 3. The molecule has 0 spiro atoms. The molecule has 1 unspecified atom stereocenters. The molecule has 1 aromatic rings. The van der Waals surface area contributed by atoms with Crippen LogP contribution in [0.2, 0.25) is 5.02 Å². The number of benzene rings is 1. The van der Waals surface area contributed by atoms with Gasteiger partial charge in [0.15, 0.2) is 5.96 Å². The Morgan fingerprint density at radius 1 is 1.40 bits per heavy atom. The quantitative estimate of drug-likeness (QED) is 0.595. The van der Waals surface area contributed by atoms with Gasteiger partial charge < -0.3 is 19.9 Å². The predicted octanol–water partition coefficient (Wildman–Crippen LogP) is 2.96. The van der Waals surface area contributed by atoms with Crippen molar-refractivity contribution in [2.45, 2.75) is 19.8 Å². The first kappa shape index (κ1) is 19.9. The number of aliphatic imine (C=N–C) groups is 1. The first-order valence-electron chi connectivity index (χ1n) is 9.15. The van der Waals surface area contributed by atoms with Gasteiger partial charge >= 0.3 is 0 Å². The Labute approximate surface area is 157 Å². The molecule has 1 aliphatic heterocycles. The fourth-order valence-corrected chi connectivity index (χ4v) is 3.17. The predicted molar refractivity (Wildman–Crippen MR) is 106 cm³/mol. The van der Waals surface area contributed by atoms with E-state index < -0.39 is 0 Å². The van der Waals surface area contributed by atoms with Gasteiger partial charge in [-0.3, -0.25) is 4.99 Å². The molecule has 2 rings (SSSR count). The van der Waals surface area contributed by atoms with E-state index in [1.165, 1.54) is 19.4 Å². The normalized spacial score (nSPS) is 18.9. The van der Waals surface area contributed by atoms with Gasteiger partial charge in [-0.1, -0.05) is 11.6 Å². The van der Waals surface area contributed by atoms with Crippen LogP contribution in [0, 0.1) is 5.92 Å². The van der Waals surface area contributed by atoms with Crippen molar-refractivity contribution in [1.82, 2.24) is 15.1 Å². The van der Waals surface area contributed by atoms with Crippen molar-refractivity contribution in [2.24, 2.45) is 10.9 Å². The molecule has 0 saturated carbocycles. The minimum atomic E-state index is 0.606. The van der Waals surface area contributed by atoms with Crippen molar-refractivity contribution in [1.29, 1.82) is 0 Å². The highest BCUT2D eigenvalue weighted by Crippen LogP contribution is 2.16. The van der Waals surface area contributed by atoms with E-state index in [2.05, 4.69) is 36.1 Å². The summed E-state index contributed by atoms with van der Waals surface area (Å²) in [5.74, 6) is 2.45. The van der Waals surface area contributed by atoms with Crippen molar-refractivity contribution >= 4 is 17.6 Å². The minimum absolute atomic E-state index is 0.606. The summed E-state index contributed by atoms with van der Waals surface area (Å²) in [5, 5.41) is 4.10. The summed E-state index contributed by atoms with van der Waals surface area (Å²) in [4.78, 5) is 9.37. The van der Waals surface area contributed by atoms with Crippen LogP contribution in [0.4, 0.5) is 0 Å². The third-order valence-corrected chi connectivity index (χ3v) is 4.68. The monoisotopic (exact) mass is 366 g/mol. The molecule has 5 nitrogen and oxygen atoms in total. The number of halogens is 1. The molecular formula is C19H31ClN4O. The zero-order valence-corrected chi connectivity index (χ0v) is 16.4. The Balaban J connectivity index is 1.80. The molecule has 140 valence electrons. The highest BCUT2D eigenvalue weighted by molar-refractivity contribution is 6.30. The number of hydrogen-bond acceptors (Lipinski definition) is 3. The lowest BCUT2D eigenvalue weighted by Crippen LogP contribution is -2.41. The van der Waals surface area contributed by atoms with Crippen LogP contribution < -0.4 is 10.1 Å². The third kappa shape index (κ3) is 7.12. The summed E-state index contributed by atoms with van der Waals surface area (Å²) in [6.45, 7) is 7.59. The van der Waals surface area contributed by atoms with Gasteiger partial charge in [0.25, 0.3) is 0 Å². The number of hydrogen-bond donors (Lipinski definition) is 1. The van der Waals surface area contributed by atoms with Crippen molar-refractivity contribution in [3.05, 3.63) is 29.3 Å². The van der Waals surface area contributed by atoms with E-state index in [9.17, 15) is 0 Å². The van der Waals surface area contributed by atoms with E-state index in [0.717, 1.165) is 42.9 Å². The Bertz CT molecular complexity index is 535. The SMILES string of the molecule is CCNC(=NCC1CCCN(C)C1)N(C)CCOc1ccc(Cl)cc1. The smallest absolute Gasteiger partial charge is 0.193 e. The first-order valence-corrected chi connectivity index (χ1v) is 9.52. The van der Waals surface area contributed by atoms with Crippen LogP contribution in [0.5, 0.6) is 5.75 Å². The van der Waals surface area contributed by atoms with E-state index in [-0.39, 0.29) is 0 Å². The van der Waals surface area contributed by atoms with Crippen LogP contribution in [-0.2, 0) is 0 Å². The van der Waals surface area contributed by atoms with Crippen LogP contribution in [0.3, 0.4) is 0 Å². The standard InChI is InChI=1S/C19H31ClN4O/c1-4-21-19(22-14-16-6-5-11-23(2)15-16)24(3)12-13-25-18-9-7-17(20)8-10-18/h7-10,16H,4-6,11-15H2,1-3H3,(H,21,22). The van der Waals surface area contributed by atoms with Gasteiger partial charge in [0.1, 0.15) is 12.4 Å². The van der Waals surface area contributed by atoms with E-state index in [4.69, 9.17) is 21.3 Å². The van der Waals surface area contributed by atoms with Gasteiger partial charge in [-0.15, -0.1) is 0 Å². The largest absolute Gasteiger partial charge is 0.492 e. The average molecular weight is 367 g/mol. The number of likely N-dealkylation sites (N-methyl/N-ethyl adjacent to an activating group) is 1. The van der Waals surface area contributed by atoms with Gasteiger partial charge in [0.05, 0.1) is 6.54 Å². The lowest BCUT2D eigenvalue weighted by Gasteiger charge is -2.29. The number of likely N-dealkylation sites (tertiary alicyclic amines) is 1. The van der Waals surface area contributed by atoms with Gasteiger partial charge in [-0.05, 0) is 63.5 Å². The number of rotatable bonds is 7. The van der Waals surface area contributed by atoms with Crippen molar-refractivity contribution < 1.29 is 4.74 Å². The lowest BCUT2D eigenvalue weighted by atomic mass is 9.99. The molecule has 0 radical (unpaired) electrons. The zero-order valence-electron chi connectivity index (χ0n) is 15.7. The lowest BCUT2D eigenvalue weighted by molar-refractivity contribution is 0.214. The molecule has 25 heavy (non-hydrogen) atoms. The molecular weight excluding hydrogens is 336 g/mol. The summed E-state index contributed by atoms with van der Waals surface area (Å²) >= 11 is 5.89. The summed E-state index contributed by atoms with van der Waals surface area (Å²) in [7, 11) is 4.25. The second-order valence-electron chi connectivity index (χ2n) is 6.69. The van der Waals surface area contributed by atoms with Gasteiger partial charge in [0, 0.05) is 31.7 Å². The molecule has 1 fully saturated rings. The van der Waals surface area contributed by atoms with Crippen LogP contribution in [0.15, 0.2) is 29.3 Å². The van der Waals surface area contributed by atoms with Crippen molar-refractivity contribution in [3.63, 3.8) is 0 Å². The number of nitrogens with one attached hydrogen (secondary N) is 1. The molecule has 1 N–H and O–H groups in total. The second kappa shape index (κ2) is 10.5. The van der Waals surface area contributed by atoms with Crippen LogP contribution in [-0.4, -0.2) is 69.2 Å². The minimum Gasteiger partial charge on any atom is -0.492 e. The van der Waals surface area contributed by atoms with E-state index in [1.54, 1.807) is 0 Å². The molecule has 0 amide bonds. The second-order valence-corrected chi connectivity index (χ2v) is 7.13.